The number of aromatic nitrogens is 3. The molecule has 140 valence electrons. The Morgan fingerprint density at radius 3 is 2.81 bits per heavy atom. The molecular formula is C20H22N4O3. The van der Waals surface area contributed by atoms with Gasteiger partial charge in [0, 0.05) is 25.2 Å². The van der Waals surface area contributed by atoms with Gasteiger partial charge in [0.1, 0.15) is 23.6 Å². The molecule has 27 heavy (non-hydrogen) atoms. The molecule has 0 fully saturated rings. The van der Waals surface area contributed by atoms with Gasteiger partial charge in [-0.3, -0.25) is 14.2 Å². The van der Waals surface area contributed by atoms with E-state index in [1.807, 2.05) is 37.3 Å². The van der Waals surface area contributed by atoms with Crippen LogP contribution >= 0.6 is 0 Å². The number of methoxy groups -OCH3 is 1. The molecule has 0 spiro atoms. The summed E-state index contributed by atoms with van der Waals surface area (Å²) in [5, 5.41) is 2.91. The number of fused-ring (bicyclic) bond motifs is 2. The predicted molar refractivity (Wildman–Crippen MR) is 102 cm³/mol. The smallest absolute Gasteiger partial charge is 0.278 e. The van der Waals surface area contributed by atoms with Gasteiger partial charge in [0.15, 0.2) is 0 Å². The number of carbonyl (C=O) groups excluding carboxylic acids is 1. The monoisotopic (exact) mass is 366 g/mol. The van der Waals surface area contributed by atoms with E-state index < -0.39 is 0 Å². The number of nitrogens with zero attached hydrogens (tertiary/aromatic N) is 3. The summed E-state index contributed by atoms with van der Waals surface area (Å²) in [6, 6.07) is 9.42. The maximum absolute atomic E-state index is 12.8. The Balaban J connectivity index is 1.53. The number of aryl methyl sites for hydroxylation is 2. The second-order valence-corrected chi connectivity index (χ2v) is 6.82. The minimum absolute atomic E-state index is 0.0523. The van der Waals surface area contributed by atoms with Crippen LogP contribution in [-0.2, 0) is 30.8 Å². The van der Waals surface area contributed by atoms with Crippen LogP contribution < -0.4 is 15.6 Å². The Labute approximate surface area is 156 Å². The lowest BCUT2D eigenvalue weighted by atomic mass is 10.2. The summed E-state index contributed by atoms with van der Waals surface area (Å²) in [7, 11) is 1.62. The largest absolute Gasteiger partial charge is 0.497 e. The third-order valence-corrected chi connectivity index (χ3v) is 5.03. The van der Waals surface area contributed by atoms with Crippen LogP contribution in [0.2, 0.25) is 0 Å². The van der Waals surface area contributed by atoms with Crippen molar-refractivity contribution in [2.45, 2.75) is 39.4 Å². The molecule has 7 nitrogen and oxygen atoms in total. The first kappa shape index (κ1) is 17.3. The summed E-state index contributed by atoms with van der Waals surface area (Å²) in [4.78, 5) is 29.9. The molecule has 1 aliphatic heterocycles. The molecule has 4 rings (SSSR count). The van der Waals surface area contributed by atoms with Crippen molar-refractivity contribution < 1.29 is 9.53 Å². The number of hydrogen-bond donors (Lipinski definition) is 1. The third kappa shape index (κ3) is 3.20. The third-order valence-electron chi connectivity index (χ3n) is 5.03. The Morgan fingerprint density at radius 1 is 1.30 bits per heavy atom. The van der Waals surface area contributed by atoms with E-state index in [2.05, 4.69) is 10.3 Å². The fraction of sp³-hybridized carbons (Fsp3) is 0.350. The molecule has 0 saturated carbocycles. The zero-order valence-electron chi connectivity index (χ0n) is 15.5. The molecule has 1 aromatic carbocycles. The van der Waals surface area contributed by atoms with Gasteiger partial charge < -0.3 is 14.6 Å². The van der Waals surface area contributed by atoms with Crippen LogP contribution in [0.5, 0.6) is 5.75 Å². The highest BCUT2D eigenvalue weighted by Crippen LogP contribution is 2.18. The van der Waals surface area contributed by atoms with Crippen LogP contribution in [0.25, 0.3) is 11.0 Å². The van der Waals surface area contributed by atoms with Crippen molar-refractivity contribution in [3.8, 4) is 5.75 Å². The van der Waals surface area contributed by atoms with E-state index in [4.69, 9.17) is 4.74 Å². The molecule has 7 heteroatoms. The zero-order valence-corrected chi connectivity index (χ0v) is 15.5. The molecule has 3 heterocycles. The van der Waals surface area contributed by atoms with Crippen LogP contribution in [0, 0.1) is 6.92 Å². The summed E-state index contributed by atoms with van der Waals surface area (Å²) in [5.74, 6) is 1.48. The minimum Gasteiger partial charge on any atom is -0.497 e. The van der Waals surface area contributed by atoms with Crippen LogP contribution in [0.1, 0.15) is 23.5 Å². The van der Waals surface area contributed by atoms with Crippen molar-refractivity contribution in [2.24, 2.45) is 0 Å². The van der Waals surface area contributed by atoms with E-state index in [0.717, 1.165) is 35.7 Å². The van der Waals surface area contributed by atoms with Gasteiger partial charge in [0.2, 0.25) is 5.91 Å². The van der Waals surface area contributed by atoms with Crippen molar-refractivity contribution in [1.29, 1.82) is 0 Å². The van der Waals surface area contributed by atoms with Gasteiger partial charge in [-0.15, -0.1) is 0 Å². The second-order valence-electron chi connectivity index (χ2n) is 6.82. The number of ether oxygens (including phenoxy) is 1. The lowest BCUT2D eigenvalue weighted by molar-refractivity contribution is -0.121. The molecule has 0 unspecified atom stereocenters. The Kier molecular flexibility index (Phi) is 4.43. The van der Waals surface area contributed by atoms with E-state index >= 15 is 0 Å². The Hall–Kier alpha value is -3.09. The lowest BCUT2D eigenvalue weighted by Gasteiger charge is -2.10. The van der Waals surface area contributed by atoms with Gasteiger partial charge in [0.05, 0.1) is 12.6 Å². The molecule has 2 aromatic heterocycles. The molecular weight excluding hydrogens is 344 g/mol. The normalized spacial score (nSPS) is 13.0. The van der Waals surface area contributed by atoms with Crippen LogP contribution in [0.3, 0.4) is 0 Å². The molecule has 3 aromatic rings. The average Bonchev–Trinajstić information content (AvgIpc) is 3.26. The van der Waals surface area contributed by atoms with E-state index in [0.29, 0.717) is 24.1 Å². The van der Waals surface area contributed by atoms with Crippen molar-refractivity contribution in [3.05, 3.63) is 57.8 Å². The average molecular weight is 366 g/mol. The SMILES string of the molecule is COc1ccc(CNC(=O)Cn2c(C)cc3nc4n(c(=O)c32)CCC4)cc1. The highest BCUT2D eigenvalue weighted by molar-refractivity contribution is 5.81. The summed E-state index contributed by atoms with van der Waals surface area (Å²) in [6.45, 7) is 3.12. The lowest BCUT2D eigenvalue weighted by Crippen LogP contribution is -2.29. The highest BCUT2D eigenvalue weighted by atomic mass is 16.5. The number of hydrogen-bond acceptors (Lipinski definition) is 4. The van der Waals surface area contributed by atoms with Crippen molar-refractivity contribution in [1.82, 2.24) is 19.4 Å². The van der Waals surface area contributed by atoms with Crippen molar-refractivity contribution in [3.63, 3.8) is 0 Å². The maximum Gasteiger partial charge on any atom is 0.278 e. The Bertz CT molecular complexity index is 1060. The number of carbonyl (C=O) groups is 1. The van der Waals surface area contributed by atoms with Gasteiger partial charge >= 0.3 is 0 Å². The number of rotatable bonds is 5. The number of amides is 1. The molecule has 0 atom stereocenters. The predicted octanol–water partition coefficient (Wildman–Crippen LogP) is 1.78. The van der Waals surface area contributed by atoms with Gasteiger partial charge in [-0.1, -0.05) is 12.1 Å². The Morgan fingerprint density at radius 2 is 2.07 bits per heavy atom. The minimum atomic E-state index is -0.142. The second kappa shape index (κ2) is 6.90. The standard InChI is InChI=1S/C20H22N4O3/c1-13-10-16-19(20(26)23-9-3-4-17(23)22-16)24(13)12-18(25)21-11-14-5-7-15(27-2)8-6-14/h5-8,10H,3-4,9,11-12H2,1-2H3,(H,21,25). The van der Waals surface area contributed by atoms with Gasteiger partial charge in [-0.2, -0.15) is 0 Å². The maximum atomic E-state index is 12.8. The zero-order chi connectivity index (χ0) is 19.0. The quantitative estimate of drug-likeness (QED) is 0.747. The van der Waals surface area contributed by atoms with Crippen LogP contribution in [-0.4, -0.2) is 27.1 Å². The van der Waals surface area contributed by atoms with Gasteiger partial charge in [-0.05, 0) is 37.1 Å². The van der Waals surface area contributed by atoms with E-state index in [9.17, 15) is 9.59 Å². The molecule has 1 aliphatic rings. The first-order valence-corrected chi connectivity index (χ1v) is 9.06. The molecule has 1 amide bonds. The topological polar surface area (TPSA) is 78.2 Å². The molecule has 0 radical (unpaired) electrons. The molecule has 0 bridgehead atoms. The first-order chi connectivity index (χ1) is 13.1. The molecule has 0 saturated heterocycles. The van der Waals surface area contributed by atoms with E-state index in [-0.39, 0.29) is 18.0 Å². The van der Waals surface area contributed by atoms with Gasteiger partial charge in [-0.25, -0.2) is 4.98 Å². The number of benzene rings is 1. The van der Waals surface area contributed by atoms with Crippen molar-refractivity contribution in [2.75, 3.05) is 7.11 Å². The fourth-order valence-electron chi connectivity index (χ4n) is 3.58. The fourth-order valence-corrected chi connectivity index (χ4v) is 3.58. The van der Waals surface area contributed by atoms with Crippen LogP contribution in [0.4, 0.5) is 0 Å². The molecule has 1 N–H and O–H groups in total. The summed E-state index contributed by atoms with van der Waals surface area (Å²) >= 11 is 0. The summed E-state index contributed by atoms with van der Waals surface area (Å²) in [6.07, 6.45) is 1.77. The van der Waals surface area contributed by atoms with Crippen LogP contribution in [0.15, 0.2) is 35.1 Å². The summed E-state index contributed by atoms with van der Waals surface area (Å²) in [5.41, 5.74) is 2.98. The van der Waals surface area contributed by atoms with E-state index in [1.165, 1.54) is 0 Å². The van der Waals surface area contributed by atoms with Crippen molar-refractivity contribution >= 4 is 16.9 Å². The number of nitrogens with one attached hydrogen (secondary N) is 1. The summed E-state index contributed by atoms with van der Waals surface area (Å²) < 4.78 is 8.63. The van der Waals surface area contributed by atoms with E-state index in [1.54, 1.807) is 16.2 Å². The first-order valence-electron chi connectivity index (χ1n) is 9.06. The van der Waals surface area contributed by atoms with Gasteiger partial charge in [0.25, 0.3) is 5.56 Å². The highest BCUT2D eigenvalue weighted by Gasteiger charge is 2.20. The molecule has 0 aliphatic carbocycles.